The third kappa shape index (κ3) is 2.64. The molecule has 0 aliphatic rings. The molecule has 1 aromatic carbocycles. The van der Waals surface area contributed by atoms with Crippen LogP contribution in [0.25, 0.3) is 4.96 Å². The predicted molar refractivity (Wildman–Crippen MR) is 82.6 cm³/mol. The van der Waals surface area contributed by atoms with Gasteiger partial charge in [0.2, 0.25) is 0 Å². The highest BCUT2D eigenvalue weighted by Gasteiger charge is 2.06. The molecule has 0 amide bonds. The predicted octanol–water partition coefficient (Wildman–Crippen LogP) is 2.55. The van der Waals surface area contributed by atoms with Crippen molar-refractivity contribution in [1.82, 2.24) is 9.38 Å². The molecule has 2 heterocycles. The van der Waals surface area contributed by atoms with Crippen molar-refractivity contribution < 1.29 is 0 Å². The van der Waals surface area contributed by atoms with Gasteiger partial charge in [-0.05, 0) is 25.1 Å². The molecule has 0 fully saturated rings. The second kappa shape index (κ2) is 5.38. The number of nitriles is 1. The molecule has 3 rings (SSSR count). The second-order valence-electron chi connectivity index (χ2n) is 4.63. The normalized spacial score (nSPS) is 10.5. The van der Waals surface area contributed by atoms with Crippen LogP contribution in [0.5, 0.6) is 0 Å². The molecule has 0 atom stereocenters. The van der Waals surface area contributed by atoms with Gasteiger partial charge in [-0.25, -0.2) is 4.98 Å². The largest absolute Gasteiger partial charge is 0.379 e. The topological polar surface area (TPSA) is 70.2 Å². The Balaban J connectivity index is 1.85. The van der Waals surface area contributed by atoms with Gasteiger partial charge in [0, 0.05) is 22.8 Å². The zero-order valence-electron chi connectivity index (χ0n) is 11.3. The van der Waals surface area contributed by atoms with Gasteiger partial charge >= 0.3 is 0 Å². The van der Waals surface area contributed by atoms with Crippen LogP contribution in [-0.4, -0.2) is 9.38 Å². The van der Waals surface area contributed by atoms with Gasteiger partial charge in [0.1, 0.15) is 0 Å². The van der Waals surface area contributed by atoms with Crippen molar-refractivity contribution in [2.75, 3.05) is 5.32 Å². The molecule has 5 nitrogen and oxygen atoms in total. The Hall–Kier alpha value is -2.65. The van der Waals surface area contributed by atoms with Crippen molar-refractivity contribution >= 4 is 22.0 Å². The molecule has 21 heavy (non-hydrogen) atoms. The zero-order chi connectivity index (χ0) is 14.8. The van der Waals surface area contributed by atoms with E-state index < -0.39 is 0 Å². The summed E-state index contributed by atoms with van der Waals surface area (Å²) in [5.41, 5.74) is 2.94. The van der Waals surface area contributed by atoms with E-state index in [1.807, 2.05) is 24.4 Å². The number of fused-ring (bicyclic) bond motifs is 1. The monoisotopic (exact) mass is 296 g/mol. The van der Waals surface area contributed by atoms with Crippen LogP contribution in [0.15, 0.2) is 40.5 Å². The lowest BCUT2D eigenvalue weighted by atomic mass is 10.2. The zero-order valence-corrected chi connectivity index (χ0v) is 12.1. The van der Waals surface area contributed by atoms with Gasteiger partial charge < -0.3 is 5.32 Å². The molecule has 1 N–H and O–H groups in total. The average molecular weight is 296 g/mol. The molecular formula is C15H12N4OS. The minimum Gasteiger partial charge on any atom is -0.379 e. The standard InChI is InChI=1S/C15H12N4OS/c1-10-9-21-15-18-13(6-14(20)19(10)15)8-17-12-4-2-3-11(5-12)7-16/h2-6,9,17H,8H2,1H3. The third-order valence-corrected chi connectivity index (χ3v) is 4.04. The first-order valence-electron chi connectivity index (χ1n) is 6.38. The van der Waals surface area contributed by atoms with Crippen molar-refractivity contribution in [3.8, 4) is 6.07 Å². The number of anilines is 1. The summed E-state index contributed by atoms with van der Waals surface area (Å²) >= 11 is 1.45. The number of rotatable bonds is 3. The Bertz CT molecular complexity index is 904. The molecule has 0 radical (unpaired) electrons. The van der Waals surface area contributed by atoms with Crippen LogP contribution in [0, 0.1) is 18.3 Å². The Morgan fingerprint density at radius 1 is 1.43 bits per heavy atom. The maximum Gasteiger partial charge on any atom is 0.259 e. The van der Waals surface area contributed by atoms with Crippen molar-refractivity contribution in [3.05, 3.63) is 63.0 Å². The maximum absolute atomic E-state index is 12.1. The Morgan fingerprint density at radius 2 is 2.29 bits per heavy atom. The highest BCUT2D eigenvalue weighted by atomic mass is 32.1. The molecule has 0 bridgehead atoms. The molecule has 0 unspecified atom stereocenters. The van der Waals surface area contributed by atoms with Gasteiger partial charge in [-0.2, -0.15) is 5.26 Å². The third-order valence-electron chi connectivity index (χ3n) is 3.09. The molecule has 0 aliphatic heterocycles. The first kappa shape index (κ1) is 13.3. The number of thiazole rings is 1. The maximum atomic E-state index is 12.1. The van der Waals surface area contributed by atoms with Crippen molar-refractivity contribution in [1.29, 1.82) is 5.26 Å². The smallest absolute Gasteiger partial charge is 0.259 e. The van der Waals surface area contributed by atoms with E-state index in [9.17, 15) is 4.79 Å². The van der Waals surface area contributed by atoms with Gasteiger partial charge in [0.25, 0.3) is 5.56 Å². The van der Waals surface area contributed by atoms with E-state index in [4.69, 9.17) is 5.26 Å². The summed E-state index contributed by atoms with van der Waals surface area (Å²) < 4.78 is 1.60. The minimum absolute atomic E-state index is 0.0682. The van der Waals surface area contributed by atoms with Gasteiger partial charge in [-0.1, -0.05) is 6.07 Å². The van der Waals surface area contributed by atoms with Gasteiger partial charge in [-0.3, -0.25) is 9.20 Å². The summed E-state index contributed by atoms with van der Waals surface area (Å²) in [5, 5.41) is 14.0. The van der Waals surface area contributed by atoms with E-state index >= 15 is 0 Å². The summed E-state index contributed by atoms with van der Waals surface area (Å²) in [5.74, 6) is 0. The Morgan fingerprint density at radius 3 is 3.10 bits per heavy atom. The average Bonchev–Trinajstić information content (AvgIpc) is 2.87. The molecule has 0 spiro atoms. The van der Waals surface area contributed by atoms with Crippen LogP contribution >= 0.6 is 11.3 Å². The van der Waals surface area contributed by atoms with E-state index in [1.165, 1.54) is 17.4 Å². The molecule has 104 valence electrons. The lowest BCUT2D eigenvalue weighted by Crippen LogP contribution is -2.16. The van der Waals surface area contributed by atoms with Gasteiger partial charge in [-0.15, -0.1) is 11.3 Å². The minimum atomic E-state index is -0.0682. The summed E-state index contributed by atoms with van der Waals surface area (Å²) in [4.78, 5) is 17.2. The Kier molecular flexibility index (Phi) is 3.42. The molecule has 0 saturated heterocycles. The molecular weight excluding hydrogens is 284 g/mol. The van der Waals surface area contributed by atoms with Crippen LogP contribution in [0.2, 0.25) is 0 Å². The fraction of sp³-hybridized carbons (Fsp3) is 0.133. The molecule has 3 aromatic rings. The number of nitrogens with zero attached hydrogens (tertiary/aromatic N) is 3. The lowest BCUT2D eigenvalue weighted by Gasteiger charge is -2.06. The second-order valence-corrected chi connectivity index (χ2v) is 5.46. The van der Waals surface area contributed by atoms with E-state index in [-0.39, 0.29) is 5.56 Å². The van der Waals surface area contributed by atoms with Gasteiger partial charge in [0.15, 0.2) is 4.96 Å². The number of aromatic nitrogens is 2. The van der Waals surface area contributed by atoms with E-state index in [0.29, 0.717) is 22.8 Å². The first-order valence-corrected chi connectivity index (χ1v) is 7.26. The number of hydrogen-bond acceptors (Lipinski definition) is 5. The van der Waals surface area contributed by atoms with Crippen molar-refractivity contribution in [2.45, 2.75) is 13.5 Å². The fourth-order valence-corrected chi connectivity index (χ4v) is 2.97. The van der Waals surface area contributed by atoms with Crippen LogP contribution in [0.3, 0.4) is 0 Å². The highest BCUT2D eigenvalue weighted by Crippen LogP contribution is 2.13. The van der Waals surface area contributed by atoms with Gasteiger partial charge in [0.05, 0.1) is 23.9 Å². The summed E-state index contributed by atoms with van der Waals surface area (Å²) in [6.07, 6.45) is 0. The van der Waals surface area contributed by atoms with Crippen LogP contribution in [-0.2, 0) is 6.54 Å². The molecule has 6 heteroatoms. The summed E-state index contributed by atoms with van der Waals surface area (Å²) in [7, 11) is 0. The van der Waals surface area contributed by atoms with Crippen LogP contribution in [0.1, 0.15) is 17.0 Å². The lowest BCUT2D eigenvalue weighted by molar-refractivity contribution is 0.965. The van der Waals surface area contributed by atoms with E-state index in [0.717, 1.165) is 11.4 Å². The Labute approximate surface area is 125 Å². The highest BCUT2D eigenvalue weighted by molar-refractivity contribution is 7.15. The molecule has 2 aromatic heterocycles. The van der Waals surface area contributed by atoms with Crippen molar-refractivity contribution in [3.63, 3.8) is 0 Å². The fourth-order valence-electron chi connectivity index (χ4n) is 2.08. The molecule has 0 saturated carbocycles. The number of benzene rings is 1. The van der Waals surface area contributed by atoms with E-state index in [1.54, 1.807) is 16.5 Å². The van der Waals surface area contributed by atoms with E-state index in [2.05, 4.69) is 16.4 Å². The summed E-state index contributed by atoms with van der Waals surface area (Å²) in [6.45, 7) is 2.33. The number of aryl methyl sites for hydroxylation is 1. The number of hydrogen-bond donors (Lipinski definition) is 1. The SMILES string of the molecule is Cc1csc2nc(CNc3cccc(C#N)c3)cc(=O)n12. The molecule has 0 aliphatic carbocycles. The first-order chi connectivity index (χ1) is 10.2. The van der Waals surface area contributed by atoms with Crippen LogP contribution in [0.4, 0.5) is 5.69 Å². The quantitative estimate of drug-likeness (QED) is 0.806. The summed E-state index contributed by atoms with van der Waals surface area (Å²) in [6, 6.07) is 10.8. The van der Waals surface area contributed by atoms with Crippen LogP contribution < -0.4 is 10.9 Å². The number of nitrogens with one attached hydrogen (secondary N) is 1. The van der Waals surface area contributed by atoms with Crippen molar-refractivity contribution in [2.24, 2.45) is 0 Å².